The highest BCUT2D eigenvalue weighted by Gasteiger charge is 2.10. The topological polar surface area (TPSA) is 49.3 Å². The number of phenolic OH excluding ortho intramolecular Hbond substituents is 1. The summed E-state index contributed by atoms with van der Waals surface area (Å²) in [7, 11) is 0. The molecule has 2 rings (SSSR count). The molecule has 0 saturated carbocycles. The van der Waals surface area contributed by atoms with Gasteiger partial charge in [0.05, 0.1) is 5.02 Å². The van der Waals surface area contributed by atoms with E-state index in [1.54, 1.807) is 18.2 Å². The lowest BCUT2D eigenvalue weighted by molar-refractivity contribution is 0.0956. The fourth-order valence-corrected chi connectivity index (χ4v) is 2.23. The SMILES string of the molecule is CCNC(=O)c1cccc(-c2cc(Cl)c(O)cc2C)c1. The molecule has 0 radical (unpaired) electrons. The van der Waals surface area contributed by atoms with E-state index >= 15 is 0 Å². The molecule has 2 aromatic carbocycles. The molecule has 2 N–H and O–H groups in total. The zero-order valence-corrected chi connectivity index (χ0v) is 12.2. The largest absolute Gasteiger partial charge is 0.506 e. The lowest BCUT2D eigenvalue weighted by atomic mass is 9.98. The highest BCUT2D eigenvalue weighted by Crippen LogP contribution is 2.33. The standard InChI is InChI=1S/C16H16ClNO2/c1-3-18-16(20)12-6-4-5-11(8-12)13-9-14(17)15(19)7-10(13)2/h4-9,19H,3H2,1-2H3,(H,18,20). The number of carbonyl (C=O) groups is 1. The maximum atomic E-state index is 11.9. The number of amides is 1. The Kier molecular flexibility index (Phi) is 4.30. The minimum absolute atomic E-state index is 0.0628. The van der Waals surface area contributed by atoms with Gasteiger partial charge in [0.1, 0.15) is 5.75 Å². The van der Waals surface area contributed by atoms with Crippen LogP contribution in [-0.4, -0.2) is 17.6 Å². The lowest BCUT2D eigenvalue weighted by Crippen LogP contribution is -2.22. The van der Waals surface area contributed by atoms with Crippen LogP contribution in [0.4, 0.5) is 0 Å². The first-order valence-electron chi connectivity index (χ1n) is 6.40. The Bertz CT molecular complexity index is 653. The van der Waals surface area contributed by atoms with Gasteiger partial charge in [-0.3, -0.25) is 4.79 Å². The van der Waals surface area contributed by atoms with E-state index in [0.717, 1.165) is 16.7 Å². The Labute approximate surface area is 123 Å². The van der Waals surface area contributed by atoms with Gasteiger partial charge in [-0.1, -0.05) is 23.7 Å². The molecule has 0 fully saturated rings. The van der Waals surface area contributed by atoms with Gasteiger partial charge >= 0.3 is 0 Å². The molecule has 4 heteroatoms. The van der Waals surface area contributed by atoms with Crippen LogP contribution in [0.1, 0.15) is 22.8 Å². The molecule has 0 unspecified atom stereocenters. The Balaban J connectivity index is 2.46. The van der Waals surface area contributed by atoms with Crippen LogP contribution in [0.25, 0.3) is 11.1 Å². The van der Waals surface area contributed by atoms with Crippen LogP contribution in [0.5, 0.6) is 5.75 Å². The molecule has 1 amide bonds. The molecule has 20 heavy (non-hydrogen) atoms. The highest BCUT2D eigenvalue weighted by atomic mass is 35.5. The summed E-state index contributed by atoms with van der Waals surface area (Å²) in [5.41, 5.74) is 3.31. The van der Waals surface area contributed by atoms with Crippen molar-refractivity contribution in [1.82, 2.24) is 5.32 Å². The number of aryl methyl sites for hydroxylation is 1. The van der Waals surface area contributed by atoms with Crippen LogP contribution in [0.2, 0.25) is 5.02 Å². The van der Waals surface area contributed by atoms with E-state index in [0.29, 0.717) is 17.1 Å². The molecular formula is C16H16ClNO2. The van der Waals surface area contributed by atoms with Gasteiger partial charge in [-0.05, 0) is 54.8 Å². The number of aromatic hydroxyl groups is 1. The van der Waals surface area contributed by atoms with Crippen LogP contribution in [0.3, 0.4) is 0 Å². The molecule has 0 spiro atoms. The Morgan fingerprint density at radius 3 is 2.75 bits per heavy atom. The first-order valence-corrected chi connectivity index (χ1v) is 6.78. The maximum absolute atomic E-state index is 11.9. The fourth-order valence-electron chi connectivity index (χ4n) is 2.07. The van der Waals surface area contributed by atoms with Crippen molar-refractivity contribution in [3.8, 4) is 16.9 Å². The van der Waals surface area contributed by atoms with Gasteiger partial charge in [0.15, 0.2) is 0 Å². The summed E-state index contributed by atoms with van der Waals surface area (Å²) in [6.45, 7) is 4.36. The number of hydrogen-bond acceptors (Lipinski definition) is 2. The van der Waals surface area contributed by atoms with Crippen LogP contribution in [0, 0.1) is 6.92 Å². The number of rotatable bonds is 3. The minimum Gasteiger partial charge on any atom is -0.506 e. The van der Waals surface area contributed by atoms with Gasteiger partial charge in [0, 0.05) is 12.1 Å². The van der Waals surface area contributed by atoms with E-state index in [2.05, 4.69) is 5.32 Å². The third-order valence-corrected chi connectivity index (χ3v) is 3.37. The van der Waals surface area contributed by atoms with Crippen molar-refractivity contribution in [2.75, 3.05) is 6.54 Å². The Hall–Kier alpha value is -2.00. The van der Waals surface area contributed by atoms with E-state index in [1.165, 1.54) is 0 Å². The van der Waals surface area contributed by atoms with E-state index < -0.39 is 0 Å². The van der Waals surface area contributed by atoms with Gasteiger partial charge < -0.3 is 10.4 Å². The van der Waals surface area contributed by atoms with Crippen molar-refractivity contribution in [2.24, 2.45) is 0 Å². The van der Waals surface area contributed by atoms with Gasteiger partial charge in [-0.2, -0.15) is 0 Å². The second-order valence-corrected chi connectivity index (χ2v) is 4.97. The molecule has 0 bridgehead atoms. The summed E-state index contributed by atoms with van der Waals surface area (Å²) < 4.78 is 0. The van der Waals surface area contributed by atoms with Crippen LogP contribution in [0.15, 0.2) is 36.4 Å². The predicted molar refractivity (Wildman–Crippen MR) is 81.3 cm³/mol. The lowest BCUT2D eigenvalue weighted by Gasteiger charge is -2.10. The van der Waals surface area contributed by atoms with Crippen molar-refractivity contribution in [1.29, 1.82) is 0 Å². The monoisotopic (exact) mass is 289 g/mol. The molecule has 0 aliphatic carbocycles. The Morgan fingerprint density at radius 1 is 1.30 bits per heavy atom. The van der Waals surface area contributed by atoms with Crippen molar-refractivity contribution in [3.05, 3.63) is 52.5 Å². The Morgan fingerprint density at radius 2 is 2.05 bits per heavy atom. The van der Waals surface area contributed by atoms with E-state index in [1.807, 2.05) is 32.0 Å². The van der Waals surface area contributed by atoms with Crippen LogP contribution in [-0.2, 0) is 0 Å². The fraction of sp³-hybridized carbons (Fsp3) is 0.188. The van der Waals surface area contributed by atoms with E-state index in [-0.39, 0.29) is 11.7 Å². The normalized spacial score (nSPS) is 10.3. The molecule has 0 aliphatic rings. The molecule has 0 heterocycles. The van der Waals surface area contributed by atoms with Crippen molar-refractivity contribution < 1.29 is 9.90 Å². The van der Waals surface area contributed by atoms with Crippen molar-refractivity contribution in [3.63, 3.8) is 0 Å². The summed E-state index contributed by atoms with van der Waals surface area (Å²) in [6.07, 6.45) is 0. The average molecular weight is 290 g/mol. The first-order chi connectivity index (χ1) is 9.52. The van der Waals surface area contributed by atoms with E-state index in [9.17, 15) is 9.90 Å². The number of carbonyl (C=O) groups excluding carboxylic acids is 1. The quantitative estimate of drug-likeness (QED) is 0.903. The maximum Gasteiger partial charge on any atom is 0.251 e. The van der Waals surface area contributed by atoms with Gasteiger partial charge in [-0.15, -0.1) is 0 Å². The van der Waals surface area contributed by atoms with Crippen LogP contribution < -0.4 is 5.32 Å². The van der Waals surface area contributed by atoms with Gasteiger partial charge in [0.2, 0.25) is 0 Å². The van der Waals surface area contributed by atoms with Gasteiger partial charge in [0.25, 0.3) is 5.91 Å². The van der Waals surface area contributed by atoms with Crippen LogP contribution >= 0.6 is 11.6 Å². The minimum atomic E-state index is -0.100. The summed E-state index contributed by atoms with van der Waals surface area (Å²) in [6, 6.07) is 10.7. The zero-order chi connectivity index (χ0) is 14.7. The smallest absolute Gasteiger partial charge is 0.251 e. The highest BCUT2D eigenvalue weighted by molar-refractivity contribution is 6.32. The first kappa shape index (κ1) is 14.4. The molecule has 0 aromatic heterocycles. The molecular weight excluding hydrogens is 274 g/mol. The molecule has 0 aliphatic heterocycles. The molecule has 2 aromatic rings. The molecule has 3 nitrogen and oxygen atoms in total. The number of nitrogens with one attached hydrogen (secondary N) is 1. The van der Waals surface area contributed by atoms with Crippen molar-refractivity contribution in [2.45, 2.75) is 13.8 Å². The second kappa shape index (κ2) is 5.97. The summed E-state index contributed by atoms with van der Waals surface area (Å²) in [4.78, 5) is 11.9. The molecule has 0 saturated heterocycles. The summed E-state index contributed by atoms with van der Waals surface area (Å²) in [5, 5.41) is 12.7. The van der Waals surface area contributed by atoms with Crippen molar-refractivity contribution >= 4 is 17.5 Å². The summed E-state index contributed by atoms with van der Waals surface area (Å²) in [5.74, 6) is -0.0373. The zero-order valence-electron chi connectivity index (χ0n) is 11.4. The number of halogens is 1. The third-order valence-electron chi connectivity index (χ3n) is 3.07. The summed E-state index contributed by atoms with van der Waals surface area (Å²) >= 11 is 5.96. The molecule has 0 atom stereocenters. The number of phenols is 1. The number of hydrogen-bond donors (Lipinski definition) is 2. The van der Waals surface area contributed by atoms with E-state index in [4.69, 9.17) is 11.6 Å². The molecule has 104 valence electrons. The second-order valence-electron chi connectivity index (χ2n) is 4.56. The average Bonchev–Trinajstić information content (AvgIpc) is 2.43. The third kappa shape index (κ3) is 2.94. The predicted octanol–water partition coefficient (Wildman–Crippen LogP) is 3.77. The number of benzene rings is 2. The van der Waals surface area contributed by atoms with Gasteiger partial charge in [-0.25, -0.2) is 0 Å².